The van der Waals surface area contributed by atoms with Crippen LogP contribution in [-0.2, 0) is 29.0 Å². The van der Waals surface area contributed by atoms with Crippen LogP contribution < -0.4 is 5.32 Å². The summed E-state index contributed by atoms with van der Waals surface area (Å²) in [6.45, 7) is 10.6. The summed E-state index contributed by atoms with van der Waals surface area (Å²) in [5.74, 6) is 0.301. The maximum atomic E-state index is 13.8. The van der Waals surface area contributed by atoms with E-state index in [0.717, 1.165) is 21.2 Å². The number of carbonyl (C=O) groups excluding carboxylic acids is 2. The van der Waals surface area contributed by atoms with Gasteiger partial charge in [-0.2, -0.15) is 0 Å². The number of halogens is 1. The zero-order valence-electron chi connectivity index (χ0n) is 22.6. The molecule has 1 N–H and O–H groups in total. The minimum atomic E-state index is -0.628. The highest BCUT2D eigenvalue weighted by molar-refractivity contribution is 9.10. The quantitative estimate of drug-likeness (QED) is 0.287. The largest absolute Gasteiger partial charge is 0.350 e. The first-order valence-electron chi connectivity index (χ1n) is 13.0. The van der Waals surface area contributed by atoms with E-state index in [-0.39, 0.29) is 11.8 Å². The Morgan fingerprint density at radius 3 is 2.11 bits per heavy atom. The molecule has 1 atom stereocenters. The summed E-state index contributed by atoms with van der Waals surface area (Å²) in [5, 5.41) is 3.12. The Labute approximate surface area is 230 Å². The highest BCUT2D eigenvalue weighted by atomic mass is 79.9. The maximum Gasteiger partial charge on any atom is 0.243 e. The van der Waals surface area contributed by atoms with Gasteiger partial charge >= 0.3 is 0 Å². The van der Waals surface area contributed by atoms with Gasteiger partial charge in [0.15, 0.2) is 0 Å². The molecule has 3 aromatic rings. The van der Waals surface area contributed by atoms with Crippen molar-refractivity contribution in [2.24, 2.45) is 0 Å². The molecule has 0 saturated heterocycles. The van der Waals surface area contributed by atoms with E-state index in [9.17, 15) is 9.59 Å². The molecule has 1 unspecified atom stereocenters. The Morgan fingerprint density at radius 2 is 1.51 bits per heavy atom. The van der Waals surface area contributed by atoms with Gasteiger partial charge in [-0.1, -0.05) is 96.5 Å². The molecule has 0 radical (unpaired) electrons. The lowest BCUT2D eigenvalue weighted by Crippen LogP contribution is -2.54. The first kappa shape index (κ1) is 28.6. The lowest BCUT2D eigenvalue weighted by molar-refractivity contribution is -0.141. The van der Waals surface area contributed by atoms with E-state index in [0.29, 0.717) is 31.7 Å². The van der Waals surface area contributed by atoms with Crippen molar-refractivity contribution in [3.63, 3.8) is 0 Å². The highest BCUT2D eigenvalue weighted by Gasteiger charge is 2.32. The Hall–Kier alpha value is -2.92. The molecule has 2 amide bonds. The number of rotatable bonds is 10. The molecular formula is C32H39BrN2O2. The van der Waals surface area contributed by atoms with Crippen LogP contribution in [0.2, 0.25) is 0 Å². The molecule has 0 aliphatic heterocycles. The second kappa shape index (κ2) is 13.0. The first-order valence-corrected chi connectivity index (χ1v) is 13.8. The molecule has 37 heavy (non-hydrogen) atoms. The van der Waals surface area contributed by atoms with Gasteiger partial charge in [0.05, 0.1) is 0 Å². The number of nitrogens with zero attached hydrogens (tertiary/aromatic N) is 1. The Morgan fingerprint density at radius 1 is 0.865 bits per heavy atom. The Bertz CT molecular complexity index is 1170. The zero-order chi connectivity index (χ0) is 27.0. The average molecular weight is 564 g/mol. The highest BCUT2D eigenvalue weighted by Crippen LogP contribution is 2.21. The van der Waals surface area contributed by atoms with Crippen molar-refractivity contribution < 1.29 is 9.59 Å². The molecule has 3 rings (SSSR count). The third-order valence-electron chi connectivity index (χ3n) is 6.29. The molecule has 0 fully saturated rings. The van der Waals surface area contributed by atoms with E-state index >= 15 is 0 Å². The van der Waals surface area contributed by atoms with Crippen LogP contribution in [0.1, 0.15) is 69.2 Å². The van der Waals surface area contributed by atoms with Crippen LogP contribution in [-0.4, -0.2) is 28.3 Å². The molecule has 3 aromatic carbocycles. The summed E-state index contributed by atoms with van der Waals surface area (Å²) in [4.78, 5) is 29.2. The molecule has 0 saturated carbocycles. The van der Waals surface area contributed by atoms with Gasteiger partial charge in [-0.05, 0) is 67.5 Å². The van der Waals surface area contributed by atoms with Crippen molar-refractivity contribution in [3.05, 3.63) is 106 Å². The Kier molecular flexibility index (Phi) is 10.1. The van der Waals surface area contributed by atoms with E-state index in [1.807, 2.05) is 75.4 Å². The SMILES string of the molecule is CC(C)c1ccc(CCC(=O)N(Cc2cccc(Br)c2)C(Cc2ccccc2)C(=O)NC(C)(C)C)cc1. The van der Waals surface area contributed by atoms with Gasteiger partial charge in [0.2, 0.25) is 11.8 Å². The predicted molar refractivity (Wildman–Crippen MR) is 155 cm³/mol. The summed E-state index contributed by atoms with van der Waals surface area (Å²) in [7, 11) is 0. The number of aryl methyl sites for hydroxylation is 1. The minimum absolute atomic E-state index is 0.0297. The lowest BCUT2D eigenvalue weighted by atomic mass is 9.98. The molecule has 196 valence electrons. The number of benzene rings is 3. The van der Waals surface area contributed by atoms with Crippen LogP contribution in [0.5, 0.6) is 0 Å². The maximum absolute atomic E-state index is 13.8. The van der Waals surface area contributed by atoms with E-state index in [4.69, 9.17) is 0 Å². The van der Waals surface area contributed by atoms with Gasteiger partial charge in [0.25, 0.3) is 0 Å². The predicted octanol–water partition coefficient (Wildman–Crippen LogP) is 7.06. The van der Waals surface area contributed by atoms with E-state index in [2.05, 4.69) is 59.4 Å². The van der Waals surface area contributed by atoms with Gasteiger partial charge in [0, 0.05) is 29.4 Å². The smallest absolute Gasteiger partial charge is 0.243 e. The van der Waals surface area contributed by atoms with Crippen LogP contribution in [0, 0.1) is 0 Å². The summed E-state index contributed by atoms with van der Waals surface area (Å²) in [5.41, 5.74) is 4.00. The molecule has 0 heterocycles. The standard InChI is InChI=1S/C32H39BrN2O2/c1-23(2)27-17-14-24(15-18-27)16-19-30(36)35(22-26-12-9-13-28(33)20-26)29(31(37)34-32(3,4)5)21-25-10-7-6-8-11-25/h6-15,17-18,20,23,29H,16,19,21-22H2,1-5H3,(H,34,37). The lowest BCUT2D eigenvalue weighted by Gasteiger charge is -2.34. The van der Waals surface area contributed by atoms with E-state index in [1.165, 1.54) is 5.56 Å². The molecule has 0 spiro atoms. The fraction of sp³-hybridized carbons (Fsp3) is 0.375. The molecule has 4 nitrogen and oxygen atoms in total. The second-order valence-corrected chi connectivity index (χ2v) is 11.9. The van der Waals surface area contributed by atoms with Gasteiger partial charge in [0.1, 0.15) is 6.04 Å². The number of nitrogens with one attached hydrogen (secondary N) is 1. The van der Waals surface area contributed by atoms with Crippen LogP contribution in [0.3, 0.4) is 0 Å². The minimum Gasteiger partial charge on any atom is -0.350 e. The van der Waals surface area contributed by atoms with Crippen molar-refractivity contribution in [2.45, 2.75) is 77.9 Å². The van der Waals surface area contributed by atoms with Crippen LogP contribution in [0.15, 0.2) is 83.3 Å². The van der Waals surface area contributed by atoms with Crippen molar-refractivity contribution in [1.82, 2.24) is 10.2 Å². The molecule has 0 aliphatic rings. The molecule has 0 aromatic heterocycles. The van der Waals surface area contributed by atoms with Gasteiger partial charge in [-0.3, -0.25) is 9.59 Å². The van der Waals surface area contributed by atoms with Crippen molar-refractivity contribution in [3.8, 4) is 0 Å². The summed E-state index contributed by atoms with van der Waals surface area (Å²) < 4.78 is 0.946. The summed E-state index contributed by atoms with van der Waals surface area (Å²) >= 11 is 3.54. The van der Waals surface area contributed by atoms with Crippen molar-refractivity contribution in [2.75, 3.05) is 0 Å². The molecule has 0 bridgehead atoms. The number of hydrogen-bond donors (Lipinski definition) is 1. The third kappa shape index (κ3) is 9.15. The number of amides is 2. The van der Waals surface area contributed by atoms with Crippen molar-refractivity contribution >= 4 is 27.7 Å². The topological polar surface area (TPSA) is 49.4 Å². The van der Waals surface area contributed by atoms with Gasteiger partial charge in [-0.25, -0.2) is 0 Å². The zero-order valence-corrected chi connectivity index (χ0v) is 24.2. The van der Waals surface area contributed by atoms with Crippen LogP contribution in [0.4, 0.5) is 0 Å². The van der Waals surface area contributed by atoms with Gasteiger partial charge in [-0.15, -0.1) is 0 Å². The van der Waals surface area contributed by atoms with Crippen LogP contribution >= 0.6 is 15.9 Å². The second-order valence-electron chi connectivity index (χ2n) is 11.0. The summed E-state index contributed by atoms with van der Waals surface area (Å²) in [6.07, 6.45) is 1.42. The normalized spacial score (nSPS) is 12.3. The summed E-state index contributed by atoms with van der Waals surface area (Å²) in [6, 6.07) is 25.7. The van der Waals surface area contributed by atoms with Gasteiger partial charge < -0.3 is 10.2 Å². The van der Waals surface area contributed by atoms with Crippen LogP contribution in [0.25, 0.3) is 0 Å². The average Bonchev–Trinajstić information content (AvgIpc) is 2.84. The molecular weight excluding hydrogens is 524 g/mol. The Balaban J connectivity index is 1.90. The van der Waals surface area contributed by atoms with Crippen molar-refractivity contribution in [1.29, 1.82) is 0 Å². The van der Waals surface area contributed by atoms with E-state index < -0.39 is 11.6 Å². The monoisotopic (exact) mass is 562 g/mol. The number of carbonyl (C=O) groups is 2. The fourth-order valence-corrected chi connectivity index (χ4v) is 4.75. The number of hydrogen-bond acceptors (Lipinski definition) is 2. The molecule has 5 heteroatoms. The molecule has 0 aliphatic carbocycles. The first-order chi connectivity index (χ1) is 17.5. The third-order valence-corrected chi connectivity index (χ3v) is 6.78. The fourth-order valence-electron chi connectivity index (χ4n) is 4.30. The van der Waals surface area contributed by atoms with E-state index in [1.54, 1.807) is 4.90 Å².